The van der Waals surface area contributed by atoms with Crippen molar-refractivity contribution >= 4 is 23.2 Å². The van der Waals surface area contributed by atoms with Gasteiger partial charge in [-0.15, -0.1) is 0 Å². The first-order chi connectivity index (χ1) is 11.6. The third-order valence-corrected chi connectivity index (χ3v) is 3.11. The van der Waals surface area contributed by atoms with Crippen molar-refractivity contribution in [2.75, 3.05) is 0 Å². The second kappa shape index (κ2) is 7.70. The molecule has 0 saturated carbocycles. The molecule has 0 aliphatic rings. The number of amides is 1. The fourth-order valence-electron chi connectivity index (χ4n) is 1.92. The fourth-order valence-corrected chi connectivity index (χ4v) is 1.92. The Morgan fingerprint density at radius 2 is 1.79 bits per heavy atom. The van der Waals surface area contributed by atoms with Gasteiger partial charge in [0, 0.05) is 0 Å². The molecule has 122 valence electrons. The van der Waals surface area contributed by atoms with Crippen molar-refractivity contribution in [1.82, 2.24) is 5.43 Å². The van der Waals surface area contributed by atoms with Gasteiger partial charge in [-0.25, -0.2) is 5.84 Å². The first-order valence-electron chi connectivity index (χ1n) is 6.83. The summed E-state index contributed by atoms with van der Waals surface area (Å²) >= 11 is 0. The standard InChI is InChI=1S/C10H6O3.C7H8N2O2/c11-5-7-6-13-9-4-2-1-3-8(9)10(7)12;8-9-7(11)5-3-1-2-4-6(5)10/h1-6H;1-4,10H,8H2,(H,9,11). The number of nitrogens with one attached hydrogen (secondary N) is 1. The zero-order valence-corrected chi connectivity index (χ0v) is 12.4. The van der Waals surface area contributed by atoms with Gasteiger partial charge in [0.1, 0.15) is 17.6 Å². The van der Waals surface area contributed by atoms with E-state index in [1.807, 2.05) is 5.43 Å². The SMILES string of the molecule is NNC(=O)c1ccccc1O.O=Cc1coc2ccccc2c1=O. The molecule has 0 atom stereocenters. The summed E-state index contributed by atoms with van der Waals surface area (Å²) in [4.78, 5) is 32.7. The number of hydrazine groups is 1. The average molecular weight is 326 g/mol. The number of nitrogens with two attached hydrogens (primary N) is 1. The van der Waals surface area contributed by atoms with Crippen LogP contribution in [0.25, 0.3) is 11.0 Å². The lowest BCUT2D eigenvalue weighted by molar-refractivity contribution is 0.0950. The van der Waals surface area contributed by atoms with Crippen LogP contribution in [0.4, 0.5) is 0 Å². The molecule has 0 saturated heterocycles. The van der Waals surface area contributed by atoms with E-state index in [4.69, 9.17) is 15.4 Å². The molecule has 0 spiro atoms. The Balaban J connectivity index is 0.000000177. The predicted molar refractivity (Wildman–Crippen MR) is 87.6 cm³/mol. The molecule has 0 fully saturated rings. The highest BCUT2D eigenvalue weighted by Crippen LogP contribution is 2.14. The van der Waals surface area contributed by atoms with Crippen molar-refractivity contribution in [3.8, 4) is 5.75 Å². The van der Waals surface area contributed by atoms with Gasteiger partial charge in [0.15, 0.2) is 6.29 Å². The van der Waals surface area contributed by atoms with Crippen LogP contribution in [0.15, 0.2) is 64.0 Å². The second-order valence-electron chi connectivity index (χ2n) is 4.62. The molecular formula is C17H14N2O5. The number of para-hydroxylation sites is 2. The number of carbonyl (C=O) groups is 2. The second-order valence-corrected chi connectivity index (χ2v) is 4.62. The summed E-state index contributed by atoms with van der Waals surface area (Å²) in [7, 11) is 0. The quantitative estimate of drug-likeness (QED) is 0.284. The maximum absolute atomic E-state index is 11.5. The van der Waals surface area contributed by atoms with Crippen LogP contribution in [0.1, 0.15) is 20.7 Å². The van der Waals surface area contributed by atoms with Crippen molar-refractivity contribution in [1.29, 1.82) is 0 Å². The van der Waals surface area contributed by atoms with Gasteiger partial charge in [0.2, 0.25) is 5.43 Å². The van der Waals surface area contributed by atoms with Gasteiger partial charge in [-0.1, -0.05) is 24.3 Å². The highest BCUT2D eigenvalue weighted by molar-refractivity contribution is 5.96. The van der Waals surface area contributed by atoms with Crippen LogP contribution in [0, 0.1) is 0 Å². The zero-order valence-electron chi connectivity index (χ0n) is 12.4. The average Bonchev–Trinajstić information content (AvgIpc) is 2.63. The van der Waals surface area contributed by atoms with Crippen LogP contribution in [-0.4, -0.2) is 17.3 Å². The number of fused-ring (bicyclic) bond motifs is 1. The van der Waals surface area contributed by atoms with Crippen molar-refractivity contribution in [3.05, 3.63) is 76.1 Å². The third-order valence-electron chi connectivity index (χ3n) is 3.11. The number of rotatable bonds is 2. The number of hydrogen-bond acceptors (Lipinski definition) is 6. The number of carbonyl (C=O) groups excluding carboxylic acids is 2. The minimum absolute atomic E-state index is 0.0544. The van der Waals surface area contributed by atoms with Crippen LogP contribution in [-0.2, 0) is 0 Å². The highest BCUT2D eigenvalue weighted by Gasteiger charge is 2.06. The Bertz CT molecular complexity index is 933. The predicted octanol–water partition coefficient (Wildman–Crippen LogP) is 1.60. The van der Waals surface area contributed by atoms with E-state index in [9.17, 15) is 14.4 Å². The molecule has 1 heterocycles. The van der Waals surface area contributed by atoms with Gasteiger partial charge in [-0.05, 0) is 24.3 Å². The van der Waals surface area contributed by atoms with Crippen LogP contribution in [0.3, 0.4) is 0 Å². The van der Waals surface area contributed by atoms with Gasteiger partial charge in [-0.2, -0.15) is 0 Å². The number of benzene rings is 2. The van der Waals surface area contributed by atoms with Crippen molar-refractivity contribution < 1.29 is 19.1 Å². The molecule has 3 rings (SSSR count). The van der Waals surface area contributed by atoms with E-state index in [0.29, 0.717) is 17.3 Å². The van der Waals surface area contributed by atoms with E-state index in [1.165, 1.54) is 18.4 Å². The van der Waals surface area contributed by atoms with E-state index < -0.39 is 5.91 Å². The first kappa shape index (κ1) is 16.9. The number of hydrogen-bond donors (Lipinski definition) is 3. The number of aldehydes is 1. The zero-order chi connectivity index (χ0) is 17.5. The number of phenols is 1. The molecule has 1 aromatic heterocycles. The minimum atomic E-state index is -0.497. The summed E-state index contributed by atoms with van der Waals surface area (Å²) in [5, 5.41) is 9.53. The summed E-state index contributed by atoms with van der Waals surface area (Å²) < 4.78 is 5.08. The smallest absolute Gasteiger partial charge is 0.268 e. The summed E-state index contributed by atoms with van der Waals surface area (Å²) in [6.07, 6.45) is 1.68. The maximum atomic E-state index is 11.5. The van der Waals surface area contributed by atoms with E-state index in [1.54, 1.807) is 36.4 Å². The lowest BCUT2D eigenvalue weighted by atomic mass is 10.2. The van der Waals surface area contributed by atoms with Gasteiger partial charge in [-0.3, -0.25) is 19.8 Å². The topological polar surface area (TPSA) is 123 Å². The summed E-state index contributed by atoms with van der Waals surface area (Å²) in [5.74, 6) is 4.29. The lowest BCUT2D eigenvalue weighted by Gasteiger charge is -2.00. The van der Waals surface area contributed by atoms with Gasteiger partial charge in [0.25, 0.3) is 5.91 Å². The molecular weight excluding hydrogens is 312 g/mol. The molecule has 24 heavy (non-hydrogen) atoms. The largest absolute Gasteiger partial charge is 0.507 e. The molecule has 7 nitrogen and oxygen atoms in total. The third kappa shape index (κ3) is 3.65. The number of phenolic OH excluding ortho intramolecular Hbond substituents is 1. The van der Waals surface area contributed by atoms with Crippen LogP contribution in [0.5, 0.6) is 5.75 Å². The number of aromatic hydroxyl groups is 1. The molecule has 2 aromatic carbocycles. The van der Waals surface area contributed by atoms with Gasteiger partial charge < -0.3 is 9.52 Å². The molecule has 3 aromatic rings. The fraction of sp³-hybridized carbons (Fsp3) is 0. The Labute approximate surface area is 136 Å². The lowest BCUT2D eigenvalue weighted by Crippen LogP contribution is -2.29. The Kier molecular flexibility index (Phi) is 5.43. The normalized spacial score (nSPS) is 9.71. The molecule has 1 amide bonds. The van der Waals surface area contributed by atoms with E-state index in [-0.39, 0.29) is 22.3 Å². The molecule has 7 heteroatoms. The Hall–Kier alpha value is -3.45. The molecule has 0 aliphatic heterocycles. The van der Waals surface area contributed by atoms with Crippen molar-refractivity contribution in [2.24, 2.45) is 5.84 Å². The molecule has 0 radical (unpaired) electrons. The number of nitrogen functional groups attached to an aromatic ring is 1. The molecule has 0 aliphatic carbocycles. The monoisotopic (exact) mass is 326 g/mol. The van der Waals surface area contributed by atoms with Crippen molar-refractivity contribution in [2.45, 2.75) is 0 Å². The highest BCUT2D eigenvalue weighted by atomic mass is 16.3. The van der Waals surface area contributed by atoms with E-state index in [2.05, 4.69) is 0 Å². The maximum Gasteiger partial charge on any atom is 0.268 e. The molecule has 4 N–H and O–H groups in total. The Morgan fingerprint density at radius 1 is 1.12 bits per heavy atom. The molecule has 0 unspecified atom stereocenters. The van der Waals surface area contributed by atoms with Gasteiger partial charge >= 0.3 is 0 Å². The van der Waals surface area contributed by atoms with Crippen LogP contribution in [0.2, 0.25) is 0 Å². The van der Waals surface area contributed by atoms with E-state index >= 15 is 0 Å². The van der Waals surface area contributed by atoms with E-state index in [0.717, 1.165) is 0 Å². The van der Waals surface area contributed by atoms with Crippen LogP contribution >= 0.6 is 0 Å². The van der Waals surface area contributed by atoms with Gasteiger partial charge in [0.05, 0.1) is 16.5 Å². The molecule has 0 bridgehead atoms. The van der Waals surface area contributed by atoms with Crippen molar-refractivity contribution in [3.63, 3.8) is 0 Å². The summed E-state index contributed by atoms with van der Waals surface area (Å²) in [6.45, 7) is 0. The summed E-state index contributed by atoms with van der Waals surface area (Å²) in [5.41, 5.74) is 2.37. The minimum Gasteiger partial charge on any atom is -0.507 e. The Morgan fingerprint density at radius 3 is 2.46 bits per heavy atom. The summed E-state index contributed by atoms with van der Waals surface area (Å²) in [6, 6.07) is 13.0. The first-order valence-corrected chi connectivity index (χ1v) is 6.83. The van der Waals surface area contributed by atoms with Crippen LogP contribution < -0.4 is 16.7 Å².